The predicted molar refractivity (Wildman–Crippen MR) is 119 cm³/mol. The van der Waals surface area contributed by atoms with Gasteiger partial charge in [-0.3, -0.25) is 0 Å². The summed E-state index contributed by atoms with van der Waals surface area (Å²) in [7, 11) is 11.1. The minimum Gasteiger partial charge on any atom is -0.344 e. The van der Waals surface area contributed by atoms with Crippen LogP contribution in [0.4, 0.5) is 0 Å². The van der Waals surface area contributed by atoms with Gasteiger partial charge in [-0.1, -0.05) is 52.2 Å². The van der Waals surface area contributed by atoms with Gasteiger partial charge in [0, 0.05) is 28.9 Å². The van der Waals surface area contributed by atoms with Gasteiger partial charge in [-0.2, -0.15) is 0 Å². The molecule has 1 aromatic heterocycles. The van der Waals surface area contributed by atoms with Crippen molar-refractivity contribution in [1.29, 1.82) is 0 Å². The lowest BCUT2D eigenvalue weighted by Crippen LogP contribution is -2.41. The Balaban J connectivity index is 2.09. The first kappa shape index (κ1) is 15.3. The largest absolute Gasteiger partial charge is 0.344 e. The van der Waals surface area contributed by atoms with Crippen LogP contribution in [0.1, 0.15) is 0 Å². The Labute approximate surface area is 146 Å². The van der Waals surface area contributed by atoms with Crippen LogP contribution in [0.15, 0.2) is 48.5 Å². The minimum absolute atomic E-state index is 1.29. The monoisotopic (exact) mass is 305 g/mol. The lowest BCUT2D eigenvalue weighted by molar-refractivity contribution is 1.01. The predicted octanol–water partition coefficient (Wildman–Crippen LogP) is -1.97. The quantitative estimate of drug-likeness (QED) is 0.360. The molecule has 1 nitrogen and oxygen atoms in total. The molecule has 0 atom stereocenters. The third-order valence-corrected chi connectivity index (χ3v) is 5.57. The molecule has 1 heterocycles. The zero-order valence-corrected chi connectivity index (χ0v) is 15.1. The molecule has 0 saturated heterocycles. The van der Waals surface area contributed by atoms with Crippen LogP contribution in [0.5, 0.6) is 0 Å². The maximum absolute atomic E-state index is 2.37. The van der Waals surface area contributed by atoms with E-state index in [1.807, 2.05) is 0 Å². The first-order chi connectivity index (χ1) is 11.5. The lowest BCUT2D eigenvalue weighted by Gasteiger charge is -2.17. The Morgan fingerprint density at radius 1 is 0.708 bits per heavy atom. The molecule has 0 unspecified atom stereocenters. The Hall–Kier alpha value is -2.28. The number of benzene rings is 3. The van der Waals surface area contributed by atoms with Crippen molar-refractivity contribution >= 4 is 75.0 Å². The number of hydrogen-bond acceptors (Lipinski definition) is 0. The van der Waals surface area contributed by atoms with Crippen molar-refractivity contribution < 1.29 is 0 Å². The molecule has 0 bridgehead atoms. The zero-order valence-electron chi connectivity index (χ0n) is 15.1. The molecular formula is C19H19B4N. The third kappa shape index (κ3) is 2.07. The van der Waals surface area contributed by atoms with E-state index < -0.39 is 0 Å². The second kappa shape index (κ2) is 5.37. The fourth-order valence-electron chi connectivity index (χ4n) is 3.97. The standard InChI is InChI=1S/C19H19B4N/c1-24-15-5-3-2-4-11(15)12-8-10(6-7-16(12)24)17-18(22)13(20)9-14(21)19(17)23/h2-9H,20-23H2,1H3. The molecule has 112 valence electrons. The highest BCUT2D eigenvalue weighted by atomic mass is 14.9. The van der Waals surface area contributed by atoms with E-state index in [0.717, 1.165) is 0 Å². The van der Waals surface area contributed by atoms with Gasteiger partial charge in [-0.05, 0) is 29.3 Å². The first-order valence-electron chi connectivity index (χ1n) is 8.54. The van der Waals surface area contributed by atoms with Gasteiger partial charge < -0.3 is 4.57 Å². The zero-order chi connectivity index (χ0) is 17.0. The van der Waals surface area contributed by atoms with E-state index in [4.69, 9.17) is 0 Å². The summed E-state index contributed by atoms with van der Waals surface area (Å²) < 4.78 is 2.29. The van der Waals surface area contributed by atoms with Gasteiger partial charge in [0.2, 0.25) is 0 Å². The molecule has 0 saturated carbocycles. The topological polar surface area (TPSA) is 4.93 Å². The van der Waals surface area contributed by atoms with Gasteiger partial charge in [0.15, 0.2) is 0 Å². The van der Waals surface area contributed by atoms with Crippen molar-refractivity contribution in [1.82, 2.24) is 4.57 Å². The van der Waals surface area contributed by atoms with Crippen LogP contribution in [0.3, 0.4) is 0 Å². The molecule has 0 aliphatic heterocycles. The Bertz CT molecular complexity index is 1090. The maximum Gasteiger partial charge on any atom is 0.139 e. The second-order valence-electron chi connectivity index (χ2n) is 6.94. The molecule has 0 amide bonds. The number of hydrogen-bond donors (Lipinski definition) is 0. The highest BCUT2D eigenvalue weighted by Gasteiger charge is 2.13. The number of nitrogens with zero attached hydrogens (tertiary/aromatic N) is 1. The maximum atomic E-state index is 2.37. The van der Waals surface area contributed by atoms with Crippen LogP contribution in [0, 0.1) is 0 Å². The van der Waals surface area contributed by atoms with Crippen LogP contribution in [0.2, 0.25) is 0 Å². The van der Waals surface area contributed by atoms with Crippen molar-refractivity contribution in [3.05, 3.63) is 48.5 Å². The Kier molecular flexibility index (Phi) is 3.42. The normalized spacial score (nSPS) is 11.4. The molecular weight excluding hydrogens is 285 g/mol. The van der Waals surface area contributed by atoms with Crippen LogP contribution in [-0.2, 0) is 7.05 Å². The summed E-state index contributed by atoms with van der Waals surface area (Å²) in [4.78, 5) is 0. The van der Waals surface area contributed by atoms with E-state index in [2.05, 4.69) is 91.5 Å². The lowest BCUT2D eigenvalue weighted by atomic mass is 9.66. The summed E-state index contributed by atoms with van der Waals surface area (Å²) in [6, 6.07) is 17.9. The van der Waals surface area contributed by atoms with Crippen LogP contribution < -0.4 is 21.9 Å². The van der Waals surface area contributed by atoms with E-state index in [0.29, 0.717) is 0 Å². The Morgan fingerprint density at radius 3 is 2.04 bits per heavy atom. The van der Waals surface area contributed by atoms with E-state index in [1.165, 1.54) is 54.8 Å². The summed E-state index contributed by atoms with van der Waals surface area (Å²) in [5.74, 6) is 0. The van der Waals surface area contributed by atoms with Crippen molar-refractivity contribution in [2.24, 2.45) is 7.05 Å². The number of para-hydroxylation sites is 1. The van der Waals surface area contributed by atoms with Crippen molar-refractivity contribution in [2.75, 3.05) is 0 Å². The highest BCUT2D eigenvalue weighted by molar-refractivity contribution is 6.59. The van der Waals surface area contributed by atoms with Crippen molar-refractivity contribution in [2.45, 2.75) is 0 Å². The van der Waals surface area contributed by atoms with Gasteiger partial charge in [-0.25, -0.2) is 0 Å². The SMILES string of the molecule is Bc1cc(B)c(B)c(-c2ccc3c(c2)c2ccccc2n3C)c1B. The molecule has 5 heteroatoms. The molecule has 0 fully saturated rings. The van der Waals surface area contributed by atoms with Gasteiger partial charge >= 0.3 is 0 Å². The number of aromatic nitrogens is 1. The third-order valence-electron chi connectivity index (χ3n) is 5.57. The summed E-state index contributed by atoms with van der Waals surface area (Å²) in [6.07, 6.45) is 0. The molecule has 0 N–H and O–H groups in total. The highest BCUT2D eigenvalue weighted by Crippen LogP contribution is 2.30. The molecule has 24 heavy (non-hydrogen) atoms. The van der Waals surface area contributed by atoms with E-state index in [-0.39, 0.29) is 0 Å². The van der Waals surface area contributed by atoms with Crippen LogP contribution in [-0.4, -0.2) is 36.0 Å². The fourth-order valence-corrected chi connectivity index (χ4v) is 3.97. The summed E-state index contributed by atoms with van der Waals surface area (Å²) in [6.45, 7) is 0. The van der Waals surface area contributed by atoms with Gasteiger partial charge in [0.1, 0.15) is 31.4 Å². The molecule has 0 aliphatic rings. The van der Waals surface area contributed by atoms with Gasteiger partial charge in [0.25, 0.3) is 0 Å². The second-order valence-corrected chi connectivity index (χ2v) is 6.94. The van der Waals surface area contributed by atoms with Crippen molar-refractivity contribution in [3.8, 4) is 11.1 Å². The smallest absolute Gasteiger partial charge is 0.139 e. The molecule has 4 aromatic rings. The Morgan fingerprint density at radius 2 is 1.33 bits per heavy atom. The number of fused-ring (bicyclic) bond motifs is 3. The van der Waals surface area contributed by atoms with Crippen LogP contribution in [0.25, 0.3) is 32.9 Å². The average Bonchev–Trinajstić information content (AvgIpc) is 2.86. The van der Waals surface area contributed by atoms with E-state index in [9.17, 15) is 0 Å². The summed E-state index contributed by atoms with van der Waals surface area (Å²) in [5.41, 5.74) is 10.8. The first-order valence-corrected chi connectivity index (χ1v) is 8.54. The molecule has 4 rings (SSSR count). The fraction of sp³-hybridized carbons (Fsp3) is 0.0526. The molecule has 0 aliphatic carbocycles. The molecule has 0 spiro atoms. The van der Waals surface area contributed by atoms with E-state index in [1.54, 1.807) is 0 Å². The number of rotatable bonds is 1. The molecule has 3 aromatic carbocycles. The van der Waals surface area contributed by atoms with Gasteiger partial charge in [-0.15, -0.1) is 0 Å². The minimum atomic E-state index is 1.29. The molecule has 0 radical (unpaired) electrons. The number of aryl methyl sites for hydroxylation is 1. The average molecular weight is 305 g/mol. The van der Waals surface area contributed by atoms with Crippen LogP contribution >= 0.6 is 0 Å². The van der Waals surface area contributed by atoms with Crippen molar-refractivity contribution in [3.63, 3.8) is 0 Å². The van der Waals surface area contributed by atoms with Gasteiger partial charge in [0.05, 0.1) is 0 Å². The summed E-state index contributed by atoms with van der Waals surface area (Å²) >= 11 is 0. The van der Waals surface area contributed by atoms with E-state index >= 15 is 0 Å². The summed E-state index contributed by atoms with van der Waals surface area (Å²) in [5, 5.41) is 2.67.